The number of anilines is 1. The first-order chi connectivity index (χ1) is 18.4. The normalized spacial score (nSPS) is 13.2. The molecule has 1 aliphatic rings. The van der Waals surface area contributed by atoms with Crippen molar-refractivity contribution in [3.63, 3.8) is 0 Å². The van der Waals surface area contributed by atoms with Gasteiger partial charge in [-0.05, 0) is 80.5 Å². The van der Waals surface area contributed by atoms with Crippen molar-refractivity contribution in [2.45, 2.75) is 64.2 Å². The minimum absolute atomic E-state index is 0.0280. The average molecular weight is 532 g/mol. The van der Waals surface area contributed by atoms with Crippen LogP contribution in [-0.2, 0) is 18.3 Å². The third-order valence-electron chi connectivity index (χ3n) is 7.07. The number of benzene rings is 1. The zero-order valence-electron chi connectivity index (χ0n) is 22.1. The van der Waals surface area contributed by atoms with Gasteiger partial charge in [0.05, 0.1) is 26.7 Å². The van der Waals surface area contributed by atoms with Crippen molar-refractivity contribution < 1.29 is 9.18 Å². The number of nitrogens with zero attached hydrogens (tertiary/aromatic N) is 5. The quantitative estimate of drug-likeness (QED) is 0.180. The van der Waals surface area contributed by atoms with Crippen molar-refractivity contribution in [3.8, 4) is 11.1 Å². The Morgan fingerprint density at radius 3 is 2.74 bits per heavy atom. The number of hydrogen-bond donors (Lipinski definition) is 0. The first-order valence-corrected chi connectivity index (χ1v) is 14.2. The van der Waals surface area contributed by atoms with Gasteiger partial charge in [0, 0.05) is 44.2 Å². The molecule has 0 bridgehead atoms. The number of fused-ring (bicyclic) bond motifs is 1. The van der Waals surface area contributed by atoms with E-state index in [1.807, 2.05) is 42.9 Å². The molecule has 0 aliphatic heterocycles. The van der Waals surface area contributed by atoms with Gasteiger partial charge >= 0.3 is 0 Å². The highest BCUT2D eigenvalue weighted by molar-refractivity contribution is 7.18. The number of carbonyl (C=O) groups excluding carboxylic acids is 1. The average Bonchev–Trinajstić information content (AvgIpc) is 3.58. The lowest BCUT2D eigenvalue weighted by atomic mass is 10.1. The molecule has 1 amide bonds. The van der Waals surface area contributed by atoms with E-state index in [9.17, 15) is 9.18 Å². The summed E-state index contributed by atoms with van der Waals surface area (Å²) in [7, 11) is 2.02. The Bertz CT molecular complexity index is 1450. The van der Waals surface area contributed by atoms with Crippen molar-refractivity contribution in [2.75, 3.05) is 11.4 Å². The molecular weight excluding hydrogens is 497 g/mol. The van der Waals surface area contributed by atoms with E-state index in [1.165, 1.54) is 24.2 Å². The largest absolute Gasteiger partial charge is 0.297 e. The third kappa shape index (κ3) is 6.35. The smallest absolute Gasteiger partial charge is 0.228 e. The van der Waals surface area contributed by atoms with Crippen LogP contribution in [0.1, 0.15) is 67.3 Å². The molecule has 38 heavy (non-hydrogen) atoms. The van der Waals surface area contributed by atoms with E-state index in [2.05, 4.69) is 33.8 Å². The number of allylic oxidation sites excluding steroid dienone is 1. The molecule has 0 spiro atoms. The number of thiazole rings is 1. The van der Waals surface area contributed by atoms with Crippen LogP contribution >= 0.6 is 11.3 Å². The summed E-state index contributed by atoms with van der Waals surface area (Å²) in [5, 5.41) is 5.70. The van der Waals surface area contributed by atoms with Gasteiger partial charge in [-0.2, -0.15) is 5.10 Å². The third-order valence-corrected chi connectivity index (χ3v) is 8.00. The minimum atomic E-state index is -0.477. The highest BCUT2D eigenvalue weighted by atomic mass is 32.1. The maximum atomic E-state index is 13.4. The SMILES string of the molecule is C=C(F)CCC(=O)N(CCCCCc1cc(C2CC2)nn1C)c1cc(-c2ccc3nc(C)sc3c2)ccn1. The second-order valence-corrected chi connectivity index (χ2v) is 11.4. The van der Waals surface area contributed by atoms with Crippen molar-refractivity contribution >= 4 is 33.3 Å². The first kappa shape index (κ1) is 26.2. The van der Waals surface area contributed by atoms with Crippen LogP contribution in [0.4, 0.5) is 10.2 Å². The molecule has 4 aromatic rings. The van der Waals surface area contributed by atoms with E-state index in [0.717, 1.165) is 52.0 Å². The summed E-state index contributed by atoms with van der Waals surface area (Å²) in [6.45, 7) is 5.86. The second kappa shape index (κ2) is 11.6. The number of hydrogen-bond acceptors (Lipinski definition) is 5. The molecule has 5 rings (SSSR count). The summed E-state index contributed by atoms with van der Waals surface area (Å²) in [5.74, 6) is 0.641. The van der Waals surface area contributed by atoms with E-state index < -0.39 is 5.83 Å². The summed E-state index contributed by atoms with van der Waals surface area (Å²) in [4.78, 5) is 23.9. The Morgan fingerprint density at radius 1 is 1.13 bits per heavy atom. The van der Waals surface area contributed by atoms with Gasteiger partial charge < -0.3 is 0 Å². The van der Waals surface area contributed by atoms with Crippen LogP contribution < -0.4 is 4.90 Å². The number of unbranched alkanes of at least 4 members (excludes halogenated alkanes) is 2. The fourth-order valence-electron chi connectivity index (χ4n) is 4.81. The van der Waals surface area contributed by atoms with Crippen LogP contribution in [0.2, 0.25) is 0 Å². The van der Waals surface area contributed by atoms with E-state index in [1.54, 1.807) is 22.4 Å². The highest BCUT2D eigenvalue weighted by Gasteiger charge is 2.26. The Hall–Kier alpha value is -3.39. The summed E-state index contributed by atoms with van der Waals surface area (Å²) in [6, 6.07) is 12.4. The van der Waals surface area contributed by atoms with Crippen LogP contribution in [0, 0.1) is 6.92 Å². The van der Waals surface area contributed by atoms with E-state index in [4.69, 9.17) is 0 Å². The van der Waals surface area contributed by atoms with E-state index in [-0.39, 0.29) is 18.7 Å². The number of halogens is 1. The Labute approximate surface area is 227 Å². The Balaban J connectivity index is 1.26. The van der Waals surface area contributed by atoms with Gasteiger partial charge in [0.2, 0.25) is 5.91 Å². The van der Waals surface area contributed by atoms with Gasteiger partial charge in [0.25, 0.3) is 0 Å². The number of aromatic nitrogens is 4. The topological polar surface area (TPSA) is 63.9 Å². The highest BCUT2D eigenvalue weighted by Crippen LogP contribution is 2.39. The van der Waals surface area contributed by atoms with Gasteiger partial charge in [-0.15, -0.1) is 11.3 Å². The molecule has 0 atom stereocenters. The second-order valence-electron chi connectivity index (χ2n) is 10.1. The molecule has 1 saturated carbocycles. The van der Waals surface area contributed by atoms with E-state index in [0.29, 0.717) is 18.3 Å². The Morgan fingerprint density at radius 2 is 1.95 bits per heavy atom. The summed E-state index contributed by atoms with van der Waals surface area (Å²) in [6.07, 6.45) is 8.16. The number of aryl methyl sites for hydroxylation is 3. The van der Waals surface area contributed by atoms with Gasteiger partial charge in [0.15, 0.2) is 0 Å². The zero-order chi connectivity index (χ0) is 26.6. The standard InChI is InChI=1S/C30H34FN5OS/c1-20(31)8-13-30(37)36(16-6-4-5-7-25-19-27(22-9-10-22)34-35(25)3)29-18-24(14-15-32-29)23-11-12-26-28(17-23)38-21(2)33-26/h11-12,14-15,17-19,22H,1,4-10,13,16H2,2-3H3. The van der Waals surface area contributed by atoms with Gasteiger partial charge in [-0.25, -0.2) is 14.4 Å². The number of pyridine rings is 1. The number of carbonyl (C=O) groups is 1. The molecule has 1 aromatic carbocycles. The maximum absolute atomic E-state index is 13.4. The molecule has 198 valence electrons. The van der Waals surface area contributed by atoms with Crippen LogP contribution in [0.25, 0.3) is 21.3 Å². The van der Waals surface area contributed by atoms with Gasteiger partial charge in [-0.3, -0.25) is 14.4 Å². The van der Waals surface area contributed by atoms with Crippen molar-refractivity contribution in [3.05, 3.63) is 71.4 Å². The molecule has 3 heterocycles. The van der Waals surface area contributed by atoms with Crippen molar-refractivity contribution in [1.29, 1.82) is 0 Å². The molecule has 3 aromatic heterocycles. The van der Waals surface area contributed by atoms with Crippen LogP contribution in [0.3, 0.4) is 0 Å². The predicted octanol–water partition coefficient (Wildman–Crippen LogP) is 7.29. The van der Waals surface area contributed by atoms with Gasteiger partial charge in [-0.1, -0.05) is 19.1 Å². The molecule has 6 nitrogen and oxygen atoms in total. The molecule has 0 N–H and O–H groups in total. The fourth-order valence-corrected chi connectivity index (χ4v) is 5.67. The predicted molar refractivity (Wildman–Crippen MR) is 152 cm³/mol. The lowest BCUT2D eigenvalue weighted by Gasteiger charge is -2.22. The van der Waals surface area contributed by atoms with Crippen molar-refractivity contribution in [1.82, 2.24) is 19.7 Å². The molecule has 0 radical (unpaired) electrons. The van der Waals surface area contributed by atoms with Crippen LogP contribution in [0.15, 0.2) is 55.0 Å². The molecule has 1 aliphatic carbocycles. The number of amides is 1. The van der Waals surface area contributed by atoms with Crippen LogP contribution in [0.5, 0.6) is 0 Å². The summed E-state index contributed by atoms with van der Waals surface area (Å²) >= 11 is 1.67. The maximum Gasteiger partial charge on any atom is 0.228 e. The lowest BCUT2D eigenvalue weighted by molar-refractivity contribution is -0.118. The van der Waals surface area contributed by atoms with Crippen molar-refractivity contribution in [2.24, 2.45) is 7.05 Å². The lowest BCUT2D eigenvalue weighted by Crippen LogP contribution is -2.32. The molecule has 1 fully saturated rings. The zero-order valence-corrected chi connectivity index (χ0v) is 22.9. The van der Waals surface area contributed by atoms with E-state index >= 15 is 0 Å². The van der Waals surface area contributed by atoms with Crippen LogP contribution in [-0.4, -0.2) is 32.2 Å². The fraction of sp³-hybridized carbons (Fsp3) is 0.400. The molecular formula is C30H34FN5OS. The number of rotatable bonds is 12. The minimum Gasteiger partial charge on any atom is -0.297 e. The molecule has 8 heteroatoms. The summed E-state index contributed by atoms with van der Waals surface area (Å²) in [5.41, 5.74) is 5.52. The Kier molecular flexibility index (Phi) is 7.98. The molecule has 0 saturated heterocycles. The van der Waals surface area contributed by atoms with Gasteiger partial charge in [0.1, 0.15) is 5.82 Å². The molecule has 0 unspecified atom stereocenters. The first-order valence-electron chi connectivity index (χ1n) is 13.4. The summed E-state index contributed by atoms with van der Waals surface area (Å²) < 4.78 is 16.5. The monoisotopic (exact) mass is 531 g/mol.